The van der Waals surface area contributed by atoms with Crippen LogP contribution in [0.3, 0.4) is 0 Å². The van der Waals surface area contributed by atoms with Crippen molar-refractivity contribution in [1.82, 2.24) is 0 Å². The predicted octanol–water partition coefficient (Wildman–Crippen LogP) is 5.00. The molecule has 0 saturated heterocycles. The lowest BCUT2D eigenvalue weighted by Crippen LogP contribution is -1.95. The summed E-state index contributed by atoms with van der Waals surface area (Å²) >= 11 is 2.15. The molecule has 1 nitrogen and oxygen atoms in total. The molecule has 0 rings (SSSR count). The van der Waals surface area contributed by atoms with E-state index in [0.29, 0.717) is 0 Å². The van der Waals surface area contributed by atoms with Crippen LogP contribution in [0.1, 0.15) is 96.8 Å². The van der Waals surface area contributed by atoms with Gasteiger partial charge >= 0.3 is 0 Å². The molecule has 0 aromatic heterocycles. The Balaban J connectivity index is 2.91. The average molecular weight is 363 g/mol. The highest BCUT2D eigenvalue weighted by atomic mass is 32.2. The summed E-state index contributed by atoms with van der Waals surface area (Å²) in [6.07, 6.45) is 20.5. The average Bonchev–Trinajstić information content (AvgIpc) is 2.54. The molecule has 134 valence electrons. The van der Waals surface area contributed by atoms with Crippen molar-refractivity contribution in [1.29, 1.82) is 0 Å². The van der Waals surface area contributed by atoms with Crippen LogP contribution in [0.15, 0.2) is 0 Å². The maximum Gasteiger partial charge on any atom is 0.146 e. The first-order chi connectivity index (χ1) is 10.9. The van der Waals surface area contributed by atoms with Gasteiger partial charge in [0.05, 0.1) is 0 Å². The Morgan fingerprint density at radius 3 is 1.59 bits per heavy atom. The smallest absolute Gasteiger partial charge is 0.146 e. The molecule has 0 bridgehead atoms. The lowest BCUT2D eigenvalue weighted by atomic mass is 10.0. The summed E-state index contributed by atoms with van der Waals surface area (Å²) in [6, 6.07) is 1.38. The lowest BCUT2D eigenvalue weighted by molar-refractivity contribution is 0.538. The van der Waals surface area contributed by atoms with Gasteiger partial charge in [0.25, 0.3) is 0 Å². The summed E-state index contributed by atoms with van der Waals surface area (Å²) in [5.74, 6) is 2.74. The molecular formula is C18H42OSSi2. The molecule has 0 amide bonds. The first-order valence-corrected chi connectivity index (χ1v) is 13.5. The zero-order chi connectivity index (χ0) is 16.1. The first-order valence-electron chi connectivity index (χ1n) is 9.98. The molecule has 0 unspecified atom stereocenters. The van der Waals surface area contributed by atoms with Gasteiger partial charge in [-0.1, -0.05) is 90.4 Å². The van der Waals surface area contributed by atoms with Gasteiger partial charge in [-0.3, -0.25) is 0 Å². The molecule has 0 spiro atoms. The minimum atomic E-state index is -0.103. The van der Waals surface area contributed by atoms with Crippen molar-refractivity contribution in [3.8, 4) is 0 Å². The first kappa shape index (κ1) is 22.7. The Labute approximate surface area is 150 Å². The number of unbranched alkanes of at least 4 members (excludes halogenated alkanes) is 13. The van der Waals surface area contributed by atoms with Crippen molar-refractivity contribution in [2.75, 3.05) is 11.5 Å². The largest absolute Gasteiger partial charge is 0.468 e. The molecule has 22 heavy (non-hydrogen) atoms. The van der Waals surface area contributed by atoms with Crippen LogP contribution in [-0.4, -0.2) is 31.8 Å². The van der Waals surface area contributed by atoms with Gasteiger partial charge in [0.2, 0.25) is 0 Å². The molecule has 0 aromatic carbocycles. The molecule has 0 fully saturated rings. The second-order valence-corrected chi connectivity index (χ2v) is 11.2. The van der Waals surface area contributed by atoms with Crippen LogP contribution in [0.25, 0.3) is 0 Å². The van der Waals surface area contributed by atoms with E-state index in [2.05, 4.69) is 18.7 Å². The van der Waals surface area contributed by atoms with Gasteiger partial charge in [-0.25, -0.2) is 0 Å². The molecule has 4 heteroatoms. The highest BCUT2D eigenvalue weighted by Crippen LogP contribution is 2.14. The maximum atomic E-state index is 5.34. The summed E-state index contributed by atoms with van der Waals surface area (Å²) in [4.78, 5) is 0. The monoisotopic (exact) mass is 362 g/mol. The molecule has 0 N–H and O–H groups in total. The molecule has 0 aromatic rings. The van der Waals surface area contributed by atoms with E-state index < -0.39 is 0 Å². The van der Waals surface area contributed by atoms with E-state index in [9.17, 15) is 0 Å². The van der Waals surface area contributed by atoms with Gasteiger partial charge in [0.1, 0.15) is 20.2 Å². The summed E-state index contributed by atoms with van der Waals surface area (Å²) in [7, 11) is 0.859. The number of hydrogen-bond acceptors (Lipinski definition) is 2. The Bertz CT molecular complexity index is 174. The van der Waals surface area contributed by atoms with Crippen molar-refractivity contribution < 1.29 is 4.12 Å². The van der Waals surface area contributed by atoms with Crippen molar-refractivity contribution in [2.24, 2.45) is 0 Å². The number of hydrogen-bond donors (Lipinski definition) is 0. The maximum absolute atomic E-state index is 5.34. The molecular weight excluding hydrogens is 320 g/mol. The minimum Gasteiger partial charge on any atom is -0.468 e. The van der Waals surface area contributed by atoms with Crippen LogP contribution in [-0.2, 0) is 4.12 Å². The van der Waals surface area contributed by atoms with Gasteiger partial charge in [-0.2, -0.15) is 11.8 Å². The second kappa shape index (κ2) is 21.7. The van der Waals surface area contributed by atoms with Gasteiger partial charge < -0.3 is 4.12 Å². The van der Waals surface area contributed by atoms with Gasteiger partial charge in [-0.15, -0.1) is 0 Å². The van der Waals surface area contributed by atoms with Crippen molar-refractivity contribution in [3.63, 3.8) is 0 Å². The molecule has 0 radical (unpaired) electrons. The van der Waals surface area contributed by atoms with Crippen LogP contribution in [0, 0.1) is 0 Å². The molecule has 0 heterocycles. The second-order valence-electron chi connectivity index (χ2n) is 6.55. The molecule has 0 aliphatic rings. The van der Waals surface area contributed by atoms with Crippen LogP contribution >= 0.6 is 11.8 Å². The van der Waals surface area contributed by atoms with E-state index in [0.717, 1.165) is 10.5 Å². The quantitative estimate of drug-likeness (QED) is 0.236. The highest BCUT2D eigenvalue weighted by molar-refractivity contribution is 7.99. The summed E-state index contributed by atoms with van der Waals surface area (Å²) < 4.78 is 5.34. The lowest BCUT2D eigenvalue weighted by Gasteiger charge is -2.03. The van der Waals surface area contributed by atoms with E-state index >= 15 is 0 Å². The molecule has 0 saturated carbocycles. The number of rotatable bonds is 19. The Morgan fingerprint density at radius 2 is 1.14 bits per heavy atom. The van der Waals surface area contributed by atoms with Gasteiger partial charge in [0, 0.05) is 0 Å². The highest BCUT2D eigenvalue weighted by Gasteiger charge is 1.95. The van der Waals surface area contributed by atoms with E-state index in [-0.39, 0.29) is 9.76 Å². The standard InChI is InChI=1S/C18H42OSSi2/c1-2-3-4-5-6-7-8-9-10-11-12-13-14-15-16-20-17-18-22-19-21/h2-18,22H2,1,21H3. The fourth-order valence-electron chi connectivity index (χ4n) is 2.81. The zero-order valence-corrected chi connectivity index (χ0v) is 19.8. The van der Waals surface area contributed by atoms with E-state index in [1.54, 1.807) is 0 Å². The van der Waals surface area contributed by atoms with Crippen molar-refractivity contribution >= 4 is 32.0 Å². The predicted molar refractivity (Wildman–Crippen MR) is 112 cm³/mol. The third-order valence-corrected chi connectivity index (χ3v) is 8.22. The van der Waals surface area contributed by atoms with Crippen LogP contribution < -0.4 is 0 Å². The SMILES string of the molecule is CCCCCCCCCCCCCCCCSCC[SiH2]O[SiH3]. The number of thioether (sulfide) groups is 1. The molecule has 0 atom stereocenters. The van der Waals surface area contributed by atoms with Crippen molar-refractivity contribution in [3.05, 3.63) is 0 Å². The Hall–Kier alpha value is 0.744. The molecule has 0 aliphatic heterocycles. The minimum absolute atomic E-state index is 0.103. The van der Waals surface area contributed by atoms with Gasteiger partial charge in [0.15, 0.2) is 0 Å². The fraction of sp³-hybridized carbons (Fsp3) is 1.00. The van der Waals surface area contributed by atoms with Crippen LogP contribution in [0.4, 0.5) is 0 Å². The topological polar surface area (TPSA) is 9.23 Å². The fourth-order valence-corrected chi connectivity index (χ4v) is 5.86. The summed E-state index contributed by atoms with van der Waals surface area (Å²) in [5, 5.41) is 0. The van der Waals surface area contributed by atoms with Crippen LogP contribution in [0.5, 0.6) is 0 Å². The zero-order valence-electron chi connectivity index (χ0n) is 15.5. The van der Waals surface area contributed by atoms with Crippen LogP contribution in [0.2, 0.25) is 6.04 Å². The van der Waals surface area contributed by atoms with E-state index in [4.69, 9.17) is 4.12 Å². The molecule has 0 aliphatic carbocycles. The Kier molecular flexibility index (Phi) is 22.5. The Morgan fingerprint density at radius 1 is 0.682 bits per heavy atom. The third kappa shape index (κ3) is 20.7. The normalized spacial score (nSPS) is 11.9. The van der Waals surface area contributed by atoms with E-state index in [1.807, 2.05) is 0 Å². The van der Waals surface area contributed by atoms with Crippen molar-refractivity contribution in [2.45, 2.75) is 103 Å². The van der Waals surface area contributed by atoms with E-state index in [1.165, 1.54) is 107 Å². The summed E-state index contributed by atoms with van der Waals surface area (Å²) in [6.45, 7) is 2.30. The van der Waals surface area contributed by atoms with Gasteiger partial charge in [-0.05, 0) is 24.0 Å². The summed E-state index contributed by atoms with van der Waals surface area (Å²) in [5.41, 5.74) is 0. The third-order valence-electron chi connectivity index (χ3n) is 4.28.